The number of aryl methyl sites for hydroxylation is 1. The lowest BCUT2D eigenvalue weighted by molar-refractivity contribution is 0.102. The van der Waals surface area contributed by atoms with E-state index in [-0.39, 0.29) is 18.2 Å². The second-order valence-electron chi connectivity index (χ2n) is 6.61. The largest absolute Gasteiger partial charge is 0.490 e. The Hall–Kier alpha value is -2.96. The van der Waals surface area contributed by atoms with Crippen LogP contribution in [0.3, 0.4) is 0 Å². The van der Waals surface area contributed by atoms with Gasteiger partial charge in [0.25, 0.3) is 5.91 Å². The van der Waals surface area contributed by atoms with E-state index in [0.29, 0.717) is 23.2 Å². The lowest BCUT2D eigenvalue weighted by Crippen LogP contribution is -2.52. The maximum Gasteiger partial charge on any atom is 0.255 e. The topological polar surface area (TPSA) is 124 Å². The molecule has 2 aromatic rings. The highest BCUT2D eigenvalue weighted by Crippen LogP contribution is 2.31. The Morgan fingerprint density at radius 1 is 1.32 bits per heavy atom. The molecule has 0 spiro atoms. The number of hydrazine groups is 2. The number of nitrogens with one attached hydrogen (secondary N) is 4. The second kappa shape index (κ2) is 9.30. The number of fused-ring (bicyclic) bond motifs is 1. The maximum absolute atomic E-state index is 12.4. The van der Waals surface area contributed by atoms with Crippen LogP contribution in [0.5, 0.6) is 5.75 Å². The third-order valence-electron chi connectivity index (χ3n) is 4.52. The summed E-state index contributed by atoms with van der Waals surface area (Å²) in [5.41, 5.74) is 17.3. The summed E-state index contributed by atoms with van der Waals surface area (Å²) in [5.74, 6) is 0.606. The van der Waals surface area contributed by atoms with Crippen LogP contribution in [0.1, 0.15) is 34.3 Å². The van der Waals surface area contributed by atoms with E-state index >= 15 is 0 Å². The molecule has 0 saturated heterocycles. The van der Waals surface area contributed by atoms with Crippen LogP contribution in [-0.2, 0) is 6.42 Å². The normalized spacial score (nSPS) is 16.4. The van der Waals surface area contributed by atoms with Crippen molar-refractivity contribution in [2.45, 2.75) is 31.5 Å². The van der Waals surface area contributed by atoms with Crippen LogP contribution in [0.15, 0.2) is 42.5 Å². The van der Waals surface area contributed by atoms with Crippen molar-refractivity contribution in [3.8, 4) is 11.8 Å². The zero-order valence-corrected chi connectivity index (χ0v) is 15.7. The third-order valence-corrected chi connectivity index (χ3v) is 4.52. The average molecular weight is 380 g/mol. The Kier molecular flexibility index (Phi) is 6.57. The Bertz CT molecular complexity index is 862. The van der Waals surface area contributed by atoms with Crippen LogP contribution < -0.4 is 32.2 Å². The zero-order valence-electron chi connectivity index (χ0n) is 15.7. The summed E-state index contributed by atoms with van der Waals surface area (Å²) < 4.78 is 6.04. The van der Waals surface area contributed by atoms with E-state index in [2.05, 4.69) is 21.7 Å². The summed E-state index contributed by atoms with van der Waals surface area (Å²) in [4.78, 5) is 12.4. The van der Waals surface area contributed by atoms with Gasteiger partial charge in [-0.2, -0.15) is 10.8 Å². The van der Waals surface area contributed by atoms with E-state index in [4.69, 9.17) is 15.7 Å². The molecule has 6 N–H and O–H groups in total. The van der Waals surface area contributed by atoms with Gasteiger partial charge in [-0.25, -0.2) is 10.9 Å². The van der Waals surface area contributed by atoms with Gasteiger partial charge in [-0.05, 0) is 67.9 Å². The highest BCUT2D eigenvalue weighted by molar-refractivity contribution is 6.04. The molecule has 0 saturated carbocycles. The lowest BCUT2D eigenvalue weighted by atomic mass is 9.99. The Labute approximate surface area is 164 Å². The fourth-order valence-corrected chi connectivity index (χ4v) is 3.09. The molecule has 0 aromatic heterocycles. The van der Waals surface area contributed by atoms with Crippen molar-refractivity contribution in [3.05, 3.63) is 59.2 Å². The van der Waals surface area contributed by atoms with Crippen molar-refractivity contribution in [3.63, 3.8) is 0 Å². The van der Waals surface area contributed by atoms with Gasteiger partial charge in [0.1, 0.15) is 11.9 Å². The molecule has 1 heterocycles. The molecule has 0 fully saturated rings. The summed E-state index contributed by atoms with van der Waals surface area (Å²) >= 11 is 0. The Morgan fingerprint density at radius 2 is 2.11 bits per heavy atom. The highest BCUT2D eigenvalue weighted by atomic mass is 16.5. The molecule has 8 heteroatoms. The molecule has 0 radical (unpaired) electrons. The molecule has 1 aliphatic heterocycles. The second-order valence-corrected chi connectivity index (χ2v) is 6.61. The first-order valence-electron chi connectivity index (χ1n) is 9.13. The SMILES string of the molecule is CNNNC(N)CC1CCc2cc(NC(=O)c3ccc(C#N)cc3)ccc2O1. The van der Waals surface area contributed by atoms with Gasteiger partial charge in [0, 0.05) is 17.7 Å². The summed E-state index contributed by atoms with van der Waals surface area (Å²) in [7, 11) is 1.75. The van der Waals surface area contributed by atoms with Crippen LogP contribution in [0.2, 0.25) is 0 Å². The number of hydrogen-bond acceptors (Lipinski definition) is 7. The van der Waals surface area contributed by atoms with Crippen molar-refractivity contribution in [1.29, 1.82) is 5.26 Å². The van der Waals surface area contributed by atoms with E-state index in [0.717, 1.165) is 24.2 Å². The van der Waals surface area contributed by atoms with Gasteiger partial charge in [-0.3, -0.25) is 4.79 Å². The number of nitriles is 1. The predicted octanol–water partition coefficient (Wildman–Crippen LogP) is 1.41. The fraction of sp³-hybridized carbons (Fsp3) is 0.300. The number of carbonyl (C=O) groups is 1. The van der Waals surface area contributed by atoms with Crippen molar-refractivity contribution in [2.75, 3.05) is 12.4 Å². The van der Waals surface area contributed by atoms with Gasteiger partial charge in [0.15, 0.2) is 0 Å². The Morgan fingerprint density at radius 3 is 2.82 bits per heavy atom. The van der Waals surface area contributed by atoms with Crippen LogP contribution in [0.25, 0.3) is 0 Å². The molecular formula is C20H24N6O2. The molecule has 3 rings (SSSR count). The van der Waals surface area contributed by atoms with Crippen molar-refractivity contribution in [1.82, 2.24) is 16.4 Å². The van der Waals surface area contributed by atoms with Gasteiger partial charge in [0.05, 0.1) is 17.8 Å². The van der Waals surface area contributed by atoms with Gasteiger partial charge in [-0.15, -0.1) is 0 Å². The molecule has 1 aliphatic rings. The summed E-state index contributed by atoms with van der Waals surface area (Å²) in [6, 6.07) is 14.2. The van der Waals surface area contributed by atoms with E-state index in [9.17, 15) is 4.79 Å². The zero-order chi connectivity index (χ0) is 19.9. The van der Waals surface area contributed by atoms with Gasteiger partial charge >= 0.3 is 0 Å². The Balaban J connectivity index is 1.60. The van der Waals surface area contributed by atoms with Gasteiger partial charge in [-0.1, -0.05) is 0 Å². The molecule has 146 valence electrons. The lowest BCUT2D eigenvalue weighted by Gasteiger charge is -2.28. The molecule has 1 amide bonds. The van der Waals surface area contributed by atoms with Crippen LogP contribution >= 0.6 is 0 Å². The average Bonchev–Trinajstić information content (AvgIpc) is 2.72. The number of amides is 1. The molecule has 0 aliphatic carbocycles. The molecule has 28 heavy (non-hydrogen) atoms. The molecular weight excluding hydrogens is 356 g/mol. The van der Waals surface area contributed by atoms with E-state index in [1.807, 2.05) is 24.3 Å². The third kappa shape index (κ3) is 5.06. The number of nitrogens with zero attached hydrogens (tertiary/aromatic N) is 1. The van der Waals surface area contributed by atoms with E-state index in [1.165, 1.54) is 0 Å². The number of hydrogen-bond donors (Lipinski definition) is 5. The molecule has 0 bridgehead atoms. The number of rotatable bonds is 7. The minimum Gasteiger partial charge on any atom is -0.490 e. The maximum atomic E-state index is 12.4. The van der Waals surface area contributed by atoms with Crippen molar-refractivity contribution < 1.29 is 9.53 Å². The van der Waals surface area contributed by atoms with Crippen molar-refractivity contribution in [2.24, 2.45) is 5.73 Å². The monoisotopic (exact) mass is 380 g/mol. The minimum atomic E-state index is -0.231. The van der Waals surface area contributed by atoms with Gasteiger partial charge < -0.3 is 15.8 Å². The summed E-state index contributed by atoms with van der Waals surface area (Å²) in [6.07, 6.45) is 2.19. The fourth-order valence-electron chi connectivity index (χ4n) is 3.09. The molecule has 2 aromatic carbocycles. The first kappa shape index (κ1) is 19.8. The van der Waals surface area contributed by atoms with Crippen LogP contribution in [-0.4, -0.2) is 25.2 Å². The summed E-state index contributed by atoms with van der Waals surface area (Å²) in [6.45, 7) is 0. The van der Waals surface area contributed by atoms with Crippen molar-refractivity contribution >= 4 is 11.6 Å². The number of nitrogens with two attached hydrogens (primary N) is 1. The molecule has 2 atom stereocenters. The van der Waals surface area contributed by atoms with Crippen LogP contribution in [0.4, 0.5) is 5.69 Å². The highest BCUT2D eigenvalue weighted by Gasteiger charge is 2.22. The minimum absolute atomic E-state index is 0.0350. The first-order chi connectivity index (χ1) is 13.6. The van der Waals surface area contributed by atoms with E-state index < -0.39 is 0 Å². The quantitative estimate of drug-likeness (QED) is 0.363. The number of carbonyl (C=O) groups excluding carboxylic acids is 1. The molecule has 8 nitrogen and oxygen atoms in total. The summed E-state index contributed by atoms with van der Waals surface area (Å²) in [5, 5.41) is 11.7. The molecule has 2 unspecified atom stereocenters. The number of benzene rings is 2. The van der Waals surface area contributed by atoms with Gasteiger partial charge in [0.2, 0.25) is 0 Å². The van der Waals surface area contributed by atoms with Crippen LogP contribution in [0, 0.1) is 11.3 Å². The number of anilines is 1. The smallest absolute Gasteiger partial charge is 0.255 e. The number of ether oxygens (including phenoxy) is 1. The van der Waals surface area contributed by atoms with E-state index in [1.54, 1.807) is 31.3 Å². The predicted molar refractivity (Wildman–Crippen MR) is 106 cm³/mol. The standard InChI is InChI=1S/C20H24N6O2/c1-23-26-25-19(22)11-17-8-6-15-10-16(7-9-18(15)28-17)24-20(27)14-4-2-13(12-21)3-5-14/h2-5,7,9-10,17,19,23,25-26H,6,8,11,22H2,1H3,(H,24,27). The first-order valence-corrected chi connectivity index (χ1v) is 9.13.